The number of rotatable bonds is 3. The average molecular weight is 256 g/mol. The first kappa shape index (κ1) is 14.1. The lowest BCUT2D eigenvalue weighted by Crippen LogP contribution is -2.56. The summed E-state index contributed by atoms with van der Waals surface area (Å²) < 4.78 is 0. The van der Waals surface area contributed by atoms with Gasteiger partial charge in [-0.1, -0.05) is 43.9 Å². The molecule has 1 aromatic carbocycles. The summed E-state index contributed by atoms with van der Waals surface area (Å²) in [6.07, 6.45) is 2.38. The maximum atomic E-state index is 3.62. The summed E-state index contributed by atoms with van der Waals surface area (Å²) in [7, 11) is 0. The molecule has 0 aliphatic carbocycles. The molecule has 0 radical (unpaired) electrons. The van der Waals surface area contributed by atoms with Gasteiger partial charge >= 0.3 is 0 Å². The first-order valence-corrected chi connectivity index (χ1v) is 7.34. The monoisotopic (exact) mass is 256 g/mol. The molecule has 0 aromatic heterocycles. The molecule has 1 N–H and O–H groups in total. The number of hydrogen-bond donors (Lipinski definition) is 1. The minimum Gasteiger partial charge on any atom is -0.311 e. The van der Waals surface area contributed by atoms with Gasteiger partial charge in [-0.15, -0.1) is 0 Å². The van der Waals surface area contributed by atoms with E-state index in [4.69, 9.17) is 0 Å². The zero-order chi connectivity index (χ0) is 13.5. The largest absolute Gasteiger partial charge is 0.311 e. The van der Waals surface area contributed by atoms with Crippen molar-refractivity contribution in [1.82, 2.24) is 10.2 Å². The van der Waals surface area contributed by atoms with E-state index in [2.05, 4.69) is 48.0 Å². The molecule has 0 saturated carbocycles. The van der Waals surface area contributed by atoms with Crippen LogP contribution in [0.1, 0.15) is 32.3 Å². The van der Waals surface area contributed by atoms with Gasteiger partial charge < -0.3 is 5.32 Å². The van der Waals surface area contributed by atoms with Crippen molar-refractivity contribution in [3.8, 4) is 11.8 Å². The SMILES string of the molecule is CCC1CN(CC#Cc2ccccc2)C(CC)CN1. The average Bonchev–Trinajstić information content (AvgIpc) is 2.48. The molecule has 1 fully saturated rings. The number of nitrogens with zero attached hydrogens (tertiary/aromatic N) is 1. The molecule has 2 rings (SSSR count). The Kier molecular flexibility index (Phi) is 5.44. The molecule has 2 atom stereocenters. The summed E-state index contributed by atoms with van der Waals surface area (Å²) in [5.41, 5.74) is 1.11. The van der Waals surface area contributed by atoms with E-state index in [0.717, 1.165) is 25.2 Å². The Morgan fingerprint density at radius 2 is 2.00 bits per heavy atom. The normalized spacial score (nSPS) is 23.7. The molecule has 1 aliphatic rings. The van der Waals surface area contributed by atoms with Gasteiger partial charge in [-0.3, -0.25) is 4.90 Å². The second kappa shape index (κ2) is 7.33. The summed E-state index contributed by atoms with van der Waals surface area (Å²) in [5, 5.41) is 3.62. The number of benzene rings is 1. The second-order valence-electron chi connectivity index (χ2n) is 5.17. The van der Waals surface area contributed by atoms with E-state index in [1.807, 2.05) is 18.2 Å². The van der Waals surface area contributed by atoms with E-state index < -0.39 is 0 Å². The highest BCUT2D eigenvalue weighted by atomic mass is 15.2. The van der Waals surface area contributed by atoms with E-state index in [9.17, 15) is 0 Å². The molecule has 0 bridgehead atoms. The van der Waals surface area contributed by atoms with Gasteiger partial charge in [0.15, 0.2) is 0 Å². The van der Waals surface area contributed by atoms with E-state index in [0.29, 0.717) is 12.1 Å². The first-order chi connectivity index (χ1) is 9.33. The van der Waals surface area contributed by atoms with Crippen LogP contribution in [-0.2, 0) is 0 Å². The van der Waals surface area contributed by atoms with Crippen molar-refractivity contribution in [1.29, 1.82) is 0 Å². The van der Waals surface area contributed by atoms with Crippen LogP contribution in [0.2, 0.25) is 0 Å². The Bertz CT molecular complexity index is 430. The molecule has 0 spiro atoms. The fourth-order valence-corrected chi connectivity index (χ4v) is 2.56. The van der Waals surface area contributed by atoms with Crippen molar-refractivity contribution >= 4 is 0 Å². The van der Waals surface area contributed by atoms with Gasteiger partial charge in [0.25, 0.3) is 0 Å². The Morgan fingerprint density at radius 3 is 2.68 bits per heavy atom. The molecular formula is C17H24N2. The van der Waals surface area contributed by atoms with Gasteiger partial charge in [-0.2, -0.15) is 0 Å². The molecular weight excluding hydrogens is 232 g/mol. The molecule has 2 nitrogen and oxygen atoms in total. The Morgan fingerprint density at radius 1 is 1.21 bits per heavy atom. The quantitative estimate of drug-likeness (QED) is 0.836. The van der Waals surface area contributed by atoms with Crippen LogP contribution in [0.3, 0.4) is 0 Å². The molecule has 1 aliphatic heterocycles. The number of piperazine rings is 1. The van der Waals surface area contributed by atoms with Crippen LogP contribution in [0.25, 0.3) is 0 Å². The smallest absolute Gasteiger partial charge is 0.0608 e. The van der Waals surface area contributed by atoms with E-state index in [1.165, 1.54) is 12.8 Å². The topological polar surface area (TPSA) is 15.3 Å². The maximum Gasteiger partial charge on any atom is 0.0608 e. The van der Waals surface area contributed by atoms with Crippen LogP contribution in [0.5, 0.6) is 0 Å². The lowest BCUT2D eigenvalue weighted by Gasteiger charge is -2.38. The number of nitrogens with one attached hydrogen (secondary N) is 1. The Labute approximate surface area is 117 Å². The molecule has 102 valence electrons. The van der Waals surface area contributed by atoms with Crippen molar-refractivity contribution in [3.05, 3.63) is 35.9 Å². The van der Waals surface area contributed by atoms with Crippen LogP contribution in [0.4, 0.5) is 0 Å². The predicted octanol–water partition coefficient (Wildman–Crippen LogP) is 2.50. The Hall–Kier alpha value is -1.30. The van der Waals surface area contributed by atoms with Crippen molar-refractivity contribution in [3.63, 3.8) is 0 Å². The Balaban J connectivity index is 1.94. The minimum atomic E-state index is 0.626. The van der Waals surface area contributed by atoms with E-state index >= 15 is 0 Å². The molecule has 1 aromatic rings. The first-order valence-electron chi connectivity index (χ1n) is 7.34. The molecule has 19 heavy (non-hydrogen) atoms. The van der Waals surface area contributed by atoms with Gasteiger partial charge in [-0.25, -0.2) is 0 Å². The van der Waals surface area contributed by atoms with Gasteiger partial charge in [-0.05, 0) is 25.0 Å². The van der Waals surface area contributed by atoms with Gasteiger partial charge in [0.1, 0.15) is 0 Å². The van der Waals surface area contributed by atoms with Gasteiger partial charge in [0.2, 0.25) is 0 Å². The zero-order valence-corrected chi connectivity index (χ0v) is 12.0. The summed E-state index contributed by atoms with van der Waals surface area (Å²) in [6.45, 7) is 7.61. The standard InChI is InChI=1S/C17H24N2/c1-3-16-14-19(17(4-2)13-18-16)12-8-11-15-9-6-5-7-10-15/h5-7,9-10,16-18H,3-4,12-14H2,1-2H3. The minimum absolute atomic E-state index is 0.626. The maximum absolute atomic E-state index is 3.62. The molecule has 2 heteroatoms. The molecule has 1 saturated heterocycles. The predicted molar refractivity (Wildman–Crippen MR) is 81.1 cm³/mol. The lowest BCUT2D eigenvalue weighted by atomic mass is 10.1. The summed E-state index contributed by atoms with van der Waals surface area (Å²) in [6, 6.07) is 11.5. The van der Waals surface area contributed by atoms with Crippen molar-refractivity contribution in [2.75, 3.05) is 19.6 Å². The third kappa shape index (κ3) is 4.09. The van der Waals surface area contributed by atoms with E-state index in [-0.39, 0.29) is 0 Å². The third-order valence-electron chi connectivity index (χ3n) is 3.87. The van der Waals surface area contributed by atoms with Crippen molar-refractivity contribution in [2.24, 2.45) is 0 Å². The van der Waals surface area contributed by atoms with Crippen LogP contribution in [0.15, 0.2) is 30.3 Å². The van der Waals surface area contributed by atoms with Crippen LogP contribution in [-0.4, -0.2) is 36.6 Å². The highest BCUT2D eigenvalue weighted by Crippen LogP contribution is 2.11. The number of hydrogen-bond acceptors (Lipinski definition) is 2. The molecule has 1 heterocycles. The molecule has 2 unspecified atom stereocenters. The highest BCUT2D eigenvalue weighted by Gasteiger charge is 2.24. The van der Waals surface area contributed by atoms with Crippen LogP contribution >= 0.6 is 0 Å². The fourth-order valence-electron chi connectivity index (χ4n) is 2.56. The third-order valence-corrected chi connectivity index (χ3v) is 3.87. The van der Waals surface area contributed by atoms with Gasteiger partial charge in [0, 0.05) is 30.7 Å². The van der Waals surface area contributed by atoms with Crippen LogP contribution in [0, 0.1) is 11.8 Å². The van der Waals surface area contributed by atoms with Gasteiger partial charge in [0.05, 0.1) is 6.54 Å². The van der Waals surface area contributed by atoms with Crippen LogP contribution < -0.4 is 5.32 Å². The second-order valence-corrected chi connectivity index (χ2v) is 5.17. The summed E-state index contributed by atoms with van der Waals surface area (Å²) in [4.78, 5) is 2.53. The van der Waals surface area contributed by atoms with Crippen molar-refractivity contribution in [2.45, 2.75) is 38.8 Å². The highest BCUT2D eigenvalue weighted by molar-refractivity contribution is 5.33. The summed E-state index contributed by atoms with van der Waals surface area (Å²) in [5.74, 6) is 6.59. The zero-order valence-electron chi connectivity index (χ0n) is 12.0. The fraction of sp³-hybridized carbons (Fsp3) is 0.529. The summed E-state index contributed by atoms with van der Waals surface area (Å²) >= 11 is 0. The van der Waals surface area contributed by atoms with E-state index in [1.54, 1.807) is 0 Å². The lowest BCUT2D eigenvalue weighted by molar-refractivity contribution is 0.142. The molecule has 0 amide bonds. The van der Waals surface area contributed by atoms with Crippen molar-refractivity contribution < 1.29 is 0 Å².